The number of alkyl carbamates (subject to hydrolysis) is 1. The summed E-state index contributed by atoms with van der Waals surface area (Å²) in [6, 6.07) is 11.0. The maximum absolute atomic E-state index is 10.9. The number of aromatic amines is 1. The second kappa shape index (κ2) is 9.15. The van der Waals surface area contributed by atoms with Gasteiger partial charge in [0, 0.05) is 12.4 Å². The minimum absolute atomic E-state index is 0.131. The van der Waals surface area contributed by atoms with Crippen molar-refractivity contribution in [1.29, 1.82) is 0 Å². The lowest BCUT2D eigenvalue weighted by atomic mass is 10.2. The van der Waals surface area contributed by atoms with Crippen molar-refractivity contribution in [2.75, 3.05) is 6.54 Å². The number of amides is 1. The van der Waals surface area contributed by atoms with Gasteiger partial charge in [-0.15, -0.1) is 0 Å². The van der Waals surface area contributed by atoms with Gasteiger partial charge in [0.1, 0.15) is 13.2 Å². The zero-order valence-corrected chi connectivity index (χ0v) is 10.7. The predicted octanol–water partition coefficient (Wildman–Crippen LogP) is 1.41. The van der Waals surface area contributed by atoms with Crippen LogP contribution in [0.3, 0.4) is 0 Å². The van der Waals surface area contributed by atoms with Crippen LogP contribution in [0, 0.1) is 0 Å². The van der Waals surface area contributed by atoms with E-state index in [4.69, 9.17) is 9.84 Å². The highest BCUT2D eigenvalue weighted by Crippen LogP contribution is 2.00. The van der Waals surface area contributed by atoms with Crippen molar-refractivity contribution >= 4 is 12.1 Å². The maximum Gasteiger partial charge on any atom is 0.407 e. The molecule has 1 amide bonds. The van der Waals surface area contributed by atoms with E-state index in [0.717, 1.165) is 5.56 Å². The van der Waals surface area contributed by atoms with Gasteiger partial charge >= 0.3 is 12.1 Å². The SMILES string of the molecule is O=C(O)CNC(=O)OCc1ccccc1.c1cn[nH]c1. The van der Waals surface area contributed by atoms with Crippen LogP contribution in [0.15, 0.2) is 48.8 Å². The summed E-state index contributed by atoms with van der Waals surface area (Å²) in [5, 5.41) is 16.6. The topological polar surface area (TPSA) is 104 Å². The van der Waals surface area contributed by atoms with E-state index in [-0.39, 0.29) is 6.61 Å². The highest BCUT2D eigenvalue weighted by Gasteiger charge is 2.04. The molecule has 2 rings (SSSR count). The number of nitrogens with zero attached hydrogens (tertiary/aromatic N) is 1. The lowest BCUT2D eigenvalue weighted by molar-refractivity contribution is -0.135. The molecule has 0 atom stereocenters. The van der Waals surface area contributed by atoms with Crippen LogP contribution in [0.4, 0.5) is 4.79 Å². The molecule has 0 aliphatic rings. The Hall–Kier alpha value is -2.83. The Morgan fingerprint density at radius 3 is 2.50 bits per heavy atom. The summed E-state index contributed by atoms with van der Waals surface area (Å²) in [7, 11) is 0. The van der Waals surface area contributed by atoms with Crippen LogP contribution in [0.1, 0.15) is 5.56 Å². The minimum Gasteiger partial charge on any atom is -0.480 e. The van der Waals surface area contributed by atoms with Gasteiger partial charge in [0.2, 0.25) is 0 Å². The van der Waals surface area contributed by atoms with Crippen molar-refractivity contribution in [3.63, 3.8) is 0 Å². The number of nitrogens with one attached hydrogen (secondary N) is 2. The molecule has 7 nitrogen and oxygen atoms in total. The smallest absolute Gasteiger partial charge is 0.407 e. The molecule has 1 heterocycles. The summed E-state index contributed by atoms with van der Waals surface area (Å²) >= 11 is 0. The Kier molecular flexibility index (Phi) is 6.96. The van der Waals surface area contributed by atoms with E-state index in [1.54, 1.807) is 12.4 Å². The Labute approximate surface area is 115 Å². The first-order valence-electron chi connectivity index (χ1n) is 5.78. The van der Waals surface area contributed by atoms with Crippen molar-refractivity contribution in [3.8, 4) is 0 Å². The van der Waals surface area contributed by atoms with E-state index in [1.807, 2.05) is 36.4 Å². The highest BCUT2D eigenvalue weighted by atomic mass is 16.5. The largest absolute Gasteiger partial charge is 0.480 e. The monoisotopic (exact) mass is 277 g/mol. The normalized spacial score (nSPS) is 9.00. The standard InChI is InChI=1S/C10H11NO4.C3H4N2/c12-9(13)6-11-10(14)15-7-8-4-2-1-3-5-8;1-2-4-5-3-1/h1-5H,6-7H2,(H,11,14)(H,12,13);1-3H,(H,4,5). The molecule has 1 aromatic heterocycles. The number of H-pyrrole nitrogens is 1. The van der Waals surface area contributed by atoms with Crippen LogP contribution in [-0.4, -0.2) is 33.9 Å². The Bertz CT molecular complexity index is 482. The second-order valence-electron chi connectivity index (χ2n) is 3.58. The fourth-order valence-corrected chi connectivity index (χ4v) is 1.14. The zero-order chi connectivity index (χ0) is 14.6. The lowest BCUT2D eigenvalue weighted by Crippen LogP contribution is -2.29. The van der Waals surface area contributed by atoms with Crippen LogP contribution in [0.5, 0.6) is 0 Å². The van der Waals surface area contributed by atoms with Crippen LogP contribution >= 0.6 is 0 Å². The Morgan fingerprint density at radius 2 is 2.00 bits per heavy atom. The number of carbonyl (C=O) groups is 2. The molecule has 0 radical (unpaired) electrons. The summed E-state index contributed by atoms with van der Waals surface area (Å²) in [4.78, 5) is 21.0. The molecule has 0 fully saturated rings. The van der Waals surface area contributed by atoms with Gasteiger partial charge in [-0.2, -0.15) is 5.10 Å². The third kappa shape index (κ3) is 7.49. The maximum atomic E-state index is 10.9. The van der Waals surface area contributed by atoms with Crippen molar-refractivity contribution in [2.45, 2.75) is 6.61 Å². The molecule has 0 saturated carbocycles. The highest BCUT2D eigenvalue weighted by molar-refractivity contribution is 5.76. The molecule has 1 aromatic carbocycles. The molecule has 0 saturated heterocycles. The van der Waals surface area contributed by atoms with Gasteiger partial charge in [-0.3, -0.25) is 9.89 Å². The van der Waals surface area contributed by atoms with Gasteiger partial charge in [0.15, 0.2) is 0 Å². The quantitative estimate of drug-likeness (QED) is 0.783. The third-order valence-corrected chi connectivity index (χ3v) is 2.00. The molecule has 0 bridgehead atoms. The van der Waals surface area contributed by atoms with Crippen LogP contribution < -0.4 is 5.32 Å². The molecule has 20 heavy (non-hydrogen) atoms. The second-order valence-corrected chi connectivity index (χ2v) is 3.58. The van der Waals surface area contributed by atoms with E-state index in [2.05, 4.69) is 15.5 Å². The lowest BCUT2D eigenvalue weighted by Gasteiger charge is -2.04. The van der Waals surface area contributed by atoms with Gasteiger partial charge in [0.05, 0.1) is 0 Å². The van der Waals surface area contributed by atoms with Crippen molar-refractivity contribution in [1.82, 2.24) is 15.5 Å². The van der Waals surface area contributed by atoms with Crippen molar-refractivity contribution in [2.24, 2.45) is 0 Å². The first-order chi connectivity index (χ1) is 9.68. The number of rotatable bonds is 4. The summed E-state index contributed by atoms with van der Waals surface area (Å²) in [5.41, 5.74) is 0.850. The molecule has 0 aliphatic heterocycles. The van der Waals surface area contributed by atoms with E-state index in [0.29, 0.717) is 0 Å². The molecule has 0 aliphatic carbocycles. The zero-order valence-electron chi connectivity index (χ0n) is 10.7. The van der Waals surface area contributed by atoms with Crippen LogP contribution in [-0.2, 0) is 16.1 Å². The average Bonchev–Trinajstić information content (AvgIpc) is 3.03. The molecular formula is C13H15N3O4. The summed E-state index contributed by atoms with van der Waals surface area (Å²) in [6.45, 7) is -0.306. The number of carboxylic acids is 1. The number of hydrogen-bond acceptors (Lipinski definition) is 4. The summed E-state index contributed by atoms with van der Waals surface area (Å²) in [6.07, 6.45) is 2.72. The molecular weight excluding hydrogens is 262 g/mol. The third-order valence-electron chi connectivity index (χ3n) is 2.00. The Morgan fingerprint density at radius 1 is 1.25 bits per heavy atom. The molecule has 0 spiro atoms. The number of carboxylic acid groups (broad SMARTS) is 1. The first-order valence-corrected chi connectivity index (χ1v) is 5.78. The number of aromatic nitrogens is 2. The fraction of sp³-hybridized carbons (Fsp3) is 0.154. The predicted molar refractivity (Wildman–Crippen MR) is 70.9 cm³/mol. The van der Waals surface area contributed by atoms with E-state index >= 15 is 0 Å². The summed E-state index contributed by atoms with van der Waals surface area (Å²) in [5.74, 6) is -1.10. The molecule has 2 aromatic rings. The van der Waals surface area contributed by atoms with Gasteiger partial charge in [-0.1, -0.05) is 30.3 Å². The fourth-order valence-electron chi connectivity index (χ4n) is 1.14. The number of ether oxygens (including phenoxy) is 1. The molecule has 7 heteroatoms. The van der Waals surface area contributed by atoms with E-state index < -0.39 is 18.6 Å². The minimum atomic E-state index is -1.10. The number of benzene rings is 1. The number of carbonyl (C=O) groups excluding carboxylic acids is 1. The molecule has 106 valence electrons. The first kappa shape index (κ1) is 15.2. The molecule has 0 unspecified atom stereocenters. The van der Waals surface area contributed by atoms with Crippen LogP contribution in [0.2, 0.25) is 0 Å². The number of hydrogen-bond donors (Lipinski definition) is 3. The Balaban J connectivity index is 0.000000333. The van der Waals surface area contributed by atoms with Gasteiger partial charge in [-0.25, -0.2) is 4.79 Å². The van der Waals surface area contributed by atoms with Gasteiger partial charge in [0.25, 0.3) is 0 Å². The van der Waals surface area contributed by atoms with E-state index in [9.17, 15) is 9.59 Å². The number of aliphatic carboxylic acids is 1. The van der Waals surface area contributed by atoms with Crippen LogP contribution in [0.25, 0.3) is 0 Å². The average molecular weight is 277 g/mol. The van der Waals surface area contributed by atoms with Crippen molar-refractivity contribution < 1.29 is 19.4 Å². The summed E-state index contributed by atoms with van der Waals surface area (Å²) < 4.78 is 4.77. The van der Waals surface area contributed by atoms with E-state index in [1.165, 1.54) is 0 Å². The molecule has 3 N–H and O–H groups in total. The van der Waals surface area contributed by atoms with Crippen molar-refractivity contribution in [3.05, 3.63) is 54.4 Å². The van der Waals surface area contributed by atoms with Gasteiger partial charge in [-0.05, 0) is 11.6 Å². The van der Waals surface area contributed by atoms with Gasteiger partial charge < -0.3 is 15.2 Å².